The lowest BCUT2D eigenvalue weighted by Crippen LogP contribution is -2.32. The third-order valence-corrected chi connectivity index (χ3v) is 6.24. The summed E-state index contributed by atoms with van der Waals surface area (Å²) < 4.78 is 21.1. The number of aromatic nitrogens is 4. The Morgan fingerprint density at radius 3 is 2.80 bits per heavy atom. The van der Waals surface area contributed by atoms with Crippen molar-refractivity contribution in [2.45, 2.75) is 25.4 Å². The van der Waals surface area contributed by atoms with Crippen molar-refractivity contribution in [2.24, 2.45) is 0 Å². The molecule has 2 aromatic carbocycles. The Morgan fingerprint density at radius 2 is 2.09 bits per heavy atom. The fraction of sp³-hybridized carbons (Fsp3) is 0.280. The topological polar surface area (TPSA) is 120 Å². The third-order valence-electron chi connectivity index (χ3n) is 6.24. The van der Waals surface area contributed by atoms with E-state index in [9.17, 15) is 9.18 Å². The predicted octanol–water partition coefficient (Wildman–Crippen LogP) is 3.08. The largest absolute Gasteiger partial charge is 0.497 e. The number of nitrogens with two attached hydrogens (primary N) is 1. The van der Waals surface area contributed by atoms with Crippen LogP contribution in [0.25, 0.3) is 22.3 Å². The third kappa shape index (κ3) is 4.52. The van der Waals surface area contributed by atoms with E-state index in [1.165, 1.54) is 25.6 Å². The van der Waals surface area contributed by atoms with Crippen LogP contribution in [0.5, 0.6) is 5.75 Å². The summed E-state index contributed by atoms with van der Waals surface area (Å²) in [6.45, 7) is 2.08. The Hall–Kier alpha value is -4.05. The van der Waals surface area contributed by atoms with E-state index in [-0.39, 0.29) is 18.2 Å². The van der Waals surface area contributed by atoms with Gasteiger partial charge in [-0.3, -0.25) is 4.79 Å². The molecule has 1 saturated heterocycles. The van der Waals surface area contributed by atoms with E-state index in [4.69, 9.17) is 15.6 Å². The zero-order valence-corrected chi connectivity index (χ0v) is 19.3. The number of carbonyl (C=O) groups excluding carboxylic acids is 1. The van der Waals surface area contributed by atoms with E-state index in [0.717, 1.165) is 53.8 Å². The van der Waals surface area contributed by atoms with Crippen LogP contribution < -0.4 is 21.1 Å². The number of nitrogens with one attached hydrogen (secondary N) is 2. The Morgan fingerprint density at radius 1 is 1.26 bits per heavy atom. The van der Waals surface area contributed by atoms with Gasteiger partial charge in [-0.2, -0.15) is 5.10 Å². The molecule has 10 heteroatoms. The molecule has 5 rings (SSSR count). The van der Waals surface area contributed by atoms with E-state index in [1.807, 2.05) is 28.9 Å². The molecule has 0 spiro atoms. The van der Waals surface area contributed by atoms with Crippen molar-refractivity contribution in [3.05, 3.63) is 65.7 Å². The highest BCUT2D eigenvalue weighted by Crippen LogP contribution is 2.33. The van der Waals surface area contributed by atoms with Crippen LogP contribution in [0.1, 0.15) is 34.8 Å². The van der Waals surface area contributed by atoms with Gasteiger partial charge in [0.05, 0.1) is 24.1 Å². The molecule has 1 amide bonds. The summed E-state index contributed by atoms with van der Waals surface area (Å²) in [7, 11) is 1.44. The van der Waals surface area contributed by atoms with Gasteiger partial charge in [-0.25, -0.2) is 19.0 Å². The second kappa shape index (κ2) is 9.67. The fourth-order valence-corrected chi connectivity index (χ4v) is 4.36. The number of nitrogens with zero attached hydrogens (tertiary/aromatic N) is 4. The van der Waals surface area contributed by atoms with Crippen LogP contribution >= 0.6 is 0 Å². The summed E-state index contributed by atoms with van der Waals surface area (Å²) in [4.78, 5) is 21.1. The molecular formula is C25H26FN7O2. The lowest BCUT2D eigenvalue weighted by Gasteiger charge is -2.23. The smallest absolute Gasteiger partial charge is 0.254 e. The minimum Gasteiger partial charge on any atom is -0.497 e. The molecule has 0 bridgehead atoms. The highest BCUT2D eigenvalue weighted by atomic mass is 19.1. The number of piperidine rings is 1. The number of nitrogen functional groups attached to an aromatic ring is 1. The zero-order valence-electron chi connectivity index (χ0n) is 19.3. The average molecular weight is 476 g/mol. The van der Waals surface area contributed by atoms with Gasteiger partial charge in [-0.15, -0.1) is 0 Å². The summed E-state index contributed by atoms with van der Waals surface area (Å²) in [5.41, 5.74) is 9.37. The van der Waals surface area contributed by atoms with Gasteiger partial charge in [0.1, 0.15) is 29.4 Å². The molecule has 0 unspecified atom stereocenters. The standard InChI is InChI=1S/C25H26FN7O2/c1-35-18-8-9-19(20(26)11-18)25(34)29-12-15-4-6-16(7-5-15)22-21-23(27)30-14-31-24(21)33(32-22)17-3-2-10-28-13-17/h4-9,11,14,17,28H,2-3,10,12-13H2,1H3,(H,29,34)(H2,27,30,31)/t17-/m1/s1. The lowest BCUT2D eigenvalue weighted by atomic mass is 10.1. The van der Waals surface area contributed by atoms with Crippen LogP contribution in [0.3, 0.4) is 0 Å². The molecule has 1 aliphatic heterocycles. The minimum atomic E-state index is -0.632. The first-order chi connectivity index (χ1) is 17.0. The Kier molecular flexibility index (Phi) is 6.28. The van der Waals surface area contributed by atoms with E-state index < -0.39 is 11.7 Å². The van der Waals surface area contributed by atoms with Gasteiger partial charge in [0.25, 0.3) is 5.91 Å². The maximum atomic E-state index is 14.2. The lowest BCUT2D eigenvalue weighted by molar-refractivity contribution is 0.0947. The van der Waals surface area contributed by atoms with Gasteiger partial charge in [0.2, 0.25) is 0 Å². The van der Waals surface area contributed by atoms with E-state index >= 15 is 0 Å². The molecule has 4 N–H and O–H groups in total. The summed E-state index contributed by atoms with van der Waals surface area (Å²) in [6, 6.07) is 12.0. The normalized spacial score (nSPS) is 15.8. The van der Waals surface area contributed by atoms with Crippen molar-refractivity contribution in [1.29, 1.82) is 0 Å². The maximum Gasteiger partial charge on any atom is 0.254 e. The minimum absolute atomic E-state index is 0.0351. The molecule has 2 aromatic heterocycles. The van der Waals surface area contributed by atoms with Crippen LogP contribution in [0.4, 0.5) is 10.2 Å². The van der Waals surface area contributed by atoms with Gasteiger partial charge < -0.3 is 21.1 Å². The number of methoxy groups -OCH3 is 1. The maximum absolute atomic E-state index is 14.2. The van der Waals surface area contributed by atoms with E-state index in [0.29, 0.717) is 11.6 Å². The van der Waals surface area contributed by atoms with Gasteiger partial charge >= 0.3 is 0 Å². The molecule has 0 aliphatic carbocycles. The summed E-state index contributed by atoms with van der Waals surface area (Å²) in [5.74, 6) is -0.383. The SMILES string of the molecule is COc1ccc(C(=O)NCc2ccc(-c3nn([C@@H]4CCCNC4)c4ncnc(N)c34)cc2)c(F)c1. The summed E-state index contributed by atoms with van der Waals surface area (Å²) in [6.07, 6.45) is 3.55. The molecule has 0 radical (unpaired) electrons. The first-order valence-corrected chi connectivity index (χ1v) is 11.5. The molecule has 1 atom stereocenters. The van der Waals surface area contributed by atoms with Gasteiger partial charge in [0.15, 0.2) is 5.65 Å². The van der Waals surface area contributed by atoms with Crippen molar-refractivity contribution in [2.75, 3.05) is 25.9 Å². The van der Waals surface area contributed by atoms with Crippen molar-refractivity contribution < 1.29 is 13.9 Å². The molecule has 180 valence electrons. The highest BCUT2D eigenvalue weighted by Gasteiger charge is 2.23. The number of benzene rings is 2. The number of fused-ring (bicyclic) bond motifs is 1. The van der Waals surface area contributed by atoms with Gasteiger partial charge in [-0.05, 0) is 37.1 Å². The van der Waals surface area contributed by atoms with Gasteiger partial charge in [-0.1, -0.05) is 24.3 Å². The van der Waals surface area contributed by atoms with Crippen LogP contribution in [0.15, 0.2) is 48.8 Å². The second-order valence-electron chi connectivity index (χ2n) is 8.48. The predicted molar refractivity (Wildman–Crippen MR) is 130 cm³/mol. The van der Waals surface area contributed by atoms with E-state index in [1.54, 1.807) is 6.07 Å². The Bertz CT molecular complexity index is 1360. The monoisotopic (exact) mass is 475 g/mol. The number of amides is 1. The van der Waals surface area contributed by atoms with Crippen molar-refractivity contribution in [3.63, 3.8) is 0 Å². The highest BCUT2D eigenvalue weighted by molar-refractivity contribution is 5.98. The molecule has 4 aromatic rings. The number of ether oxygens (including phenoxy) is 1. The molecule has 3 heterocycles. The molecule has 0 saturated carbocycles. The Balaban J connectivity index is 1.36. The van der Waals surface area contributed by atoms with Crippen molar-refractivity contribution in [1.82, 2.24) is 30.4 Å². The van der Waals surface area contributed by atoms with Gasteiger partial charge in [0, 0.05) is 24.7 Å². The number of anilines is 1. The van der Waals surface area contributed by atoms with Crippen LogP contribution in [-0.2, 0) is 6.54 Å². The van der Waals surface area contributed by atoms with Crippen LogP contribution in [0, 0.1) is 5.82 Å². The molecule has 35 heavy (non-hydrogen) atoms. The first-order valence-electron chi connectivity index (χ1n) is 11.5. The number of hydrogen-bond acceptors (Lipinski definition) is 7. The average Bonchev–Trinajstić information content (AvgIpc) is 3.29. The molecule has 9 nitrogen and oxygen atoms in total. The molecule has 1 fully saturated rings. The Labute approximate surface area is 201 Å². The fourth-order valence-electron chi connectivity index (χ4n) is 4.36. The number of hydrogen-bond donors (Lipinski definition) is 3. The first kappa shape index (κ1) is 22.7. The summed E-state index contributed by atoms with van der Waals surface area (Å²) >= 11 is 0. The quantitative estimate of drug-likeness (QED) is 0.392. The number of carbonyl (C=O) groups is 1. The van der Waals surface area contributed by atoms with Crippen LogP contribution in [-0.4, -0.2) is 45.9 Å². The second-order valence-corrected chi connectivity index (χ2v) is 8.48. The molecule has 1 aliphatic rings. The number of halogens is 1. The molecular weight excluding hydrogens is 449 g/mol. The zero-order chi connectivity index (χ0) is 24.4. The number of rotatable bonds is 6. The van der Waals surface area contributed by atoms with Crippen molar-refractivity contribution >= 4 is 22.8 Å². The summed E-state index contributed by atoms with van der Waals surface area (Å²) in [5, 5.41) is 11.8. The van der Waals surface area contributed by atoms with Crippen LogP contribution in [0.2, 0.25) is 0 Å². The van der Waals surface area contributed by atoms with E-state index in [2.05, 4.69) is 20.6 Å². The van der Waals surface area contributed by atoms with Crippen molar-refractivity contribution in [3.8, 4) is 17.0 Å².